The summed E-state index contributed by atoms with van der Waals surface area (Å²) in [6.07, 6.45) is 0.169. The number of anilines is 1. The van der Waals surface area contributed by atoms with Gasteiger partial charge in [0.1, 0.15) is 11.9 Å². The fraction of sp³-hybridized carbons (Fsp3) is 0.222. The van der Waals surface area contributed by atoms with Crippen LogP contribution in [0.2, 0.25) is 5.02 Å². The summed E-state index contributed by atoms with van der Waals surface area (Å²) in [5.74, 6) is -1.18. The third-order valence-corrected chi connectivity index (χ3v) is 6.38. The van der Waals surface area contributed by atoms with Crippen molar-refractivity contribution in [2.75, 3.05) is 12.4 Å². The van der Waals surface area contributed by atoms with Gasteiger partial charge in [-0.2, -0.15) is 22.7 Å². The van der Waals surface area contributed by atoms with Crippen molar-refractivity contribution < 1.29 is 17.6 Å². The van der Waals surface area contributed by atoms with E-state index in [4.69, 9.17) is 16.9 Å². The Morgan fingerprint density at radius 3 is 2.61 bits per heavy atom. The zero-order chi connectivity index (χ0) is 20.5. The Bertz CT molecular complexity index is 1050. The van der Waals surface area contributed by atoms with Crippen molar-refractivity contribution in [3.8, 4) is 6.07 Å². The molecule has 2 aromatic rings. The van der Waals surface area contributed by atoms with Crippen molar-refractivity contribution in [1.29, 1.82) is 5.26 Å². The van der Waals surface area contributed by atoms with Crippen LogP contribution in [0.4, 0.5) is 10.1 Å². The number of carbonyl (C=O) groups excluding carboxylic acids is 1. The Kier molecular flexibility index (Phi) is 5.67. The molecule has 1 saturated heterocycles. The quantitative estimate of drug-likeness (QED) is 0.793. The summed E-state index contributed by atoms with van der Waals surface area (Å²) in [5.41, 5.74) is 1.34. The topological polar surface area (TPSA) is 102 Å². The predicted molar refractivity (Wildman–Crippen MR) is 102 cm³/mol. The van der Waals surface area contributed by atoms with Gasteiger partial charge < -0.3 is 5.32 Å². The molecule has 0 spiro atoms. The Balaban J connectivity index is 1.84. The molecule has 0 aliphatic carbocycles. The minimum absolute atomic E-state index is 0.153. The van der Waals surface area contributed by atoms with E-state index in [9.17, 15) is 17.6 Å². The van der Waals surface area contributed by atoms with Crippen LogP contribution < -0.4 is 10.0 Å². The van der Waals surface area contributed by atoms with Gasteiger partial charge in [0.05, 0.1) is 16.7 Å². The molecule has 146 valence electrons. The van der Waals surface area contributed by atoms with Crippen LogP contribution in [0.1, 0.15) is 23.6 Å². The van der Waals surface area contributed by atoms with Crippen molar-refractivity contribution in [3.05, 3.63) is 64.4 Å². The largest absolute Gasteiger partial charge is 0.325 e. The Hall–Kier alpha value is -2.51. The number of benzene rings is 2. The highest BCUT2D eigenvalue weighted by molar-refractivity contribution is 7.87. The molecule has 7 nitrogen and oxygen atoms in total. The van der Waals surface area contributed by atoms with Crippen molar-refractivity contribution >= 4 is 33.4 Å². The Morgan fingerprint density at radius 1 is 1.32 bits per heavy atom. The molecule has 28 heavy (non-hydrogen) atoms. The van der Waals surface area contributed by atoms with Crippen LogP contribution in [-0.2, 0) is 15.0 Å². The number of halogens is 2. The first-order chi connectivity index (χ1) is 13.2. The third-order valence-electron chi connectivity index (χ3n) is 4.50. The third kappa shape index (κ3) is 4.15. The molecule has 0 aromatic heterocycles. The summed E-state index contributed by atoms with van der Waals surface area (Å²) in [6.45, 7) is 0. The van der Waals surface area contributed by atoms with Gasteiger partial charge in [-0.3, -0.25) is 4.79 Å². The zero-order valence-corrected chi connectivity index (χ0v) is 16.3. The fourth-order valence-electron chi connectivity index (χ4n) is 2.92. The van der Waals surface area contributed by atoms with E-state index in [2.05, 4.69) is 10.0 Å². The molecule has 2 atom stereocenters. The average Bonchev–Trinajstić information content (AvgIpc) is 2.66. The van der Waals surface area contributed by atoms with Gasteiger partial charge in [0.2, 0.25) is 5.91 Å². The molecule has 0 bridgehead atoms. The van der Waals surface area contributed by atoms with E-state index in [1.807, 2.05) is 6.07 Å². The van der Waals surface area contributed by atoms with Crippen molar-refractivity contribution in [2.24, 2.45) is 0 Å². The highest BCUT2D eigenvalue weighted by Gasteiger charge is 2.40. The number of rotatable bonds is 3. The van der Waals surface area contributed by atoms with Crippen LogP contribution >= 0.6 is 11.6 Å². The maximum Gasteiger partial charge on any atom is 0.280 e. The van der Waals surface area contributed by atoms with Crippen LogP contribution in [0.25, 0.3) is 0 Å². The van der Waals surface area contributed by atoms with E-state index in [1.54, 1.807) is 24.3 Å². The number of hydrogen-bond acceptors (Lipinski definition) is 4. The lowest BCUT2D eigenvalue weighted by Crippen LogP contribution is -2.55. The minimum Gasteiger partial charge on any atom is -0.325 e. The molecule has 1 amide bonds. The van der Waals surface area contributed by atoms with Gasteiger partial charge in [-0.1, -0.05) is 23.7 Å². The molecule has 0 radical (unpaired) electrons. The second kappa shape index (κ2) is 7.85. The second-order valence-electron chi connectivity index (χ2n) is 6.30. The number of nitrogens with zero attached hydrogens (tertiary/aromatic N) is 2. The predicted octanol–water partition coefficient (Wildman–Crippen LogP) is 2.57. The summed E-state index contributed by atoms with van der Waals surface area (Å²) in [4.78, 5) is 12.7. The lowest BCUT2D eigenvalue weighted by molar-refractivity contribution is -0.120. The van der Waals surface area contributed by atoms with Crippen LogP contribution in [-0.4, -0.2) is 31.7 Å². The number of amides is 1. The van der Waals surface area contributed by atoms with Gasteiger partial charge in [-0.15, -0.1) is 0 Å². The van der Waals surface area contributed by atoms with Crippen LogP contribution in [0.15, 0.2) is 42.5 Å². The lowest BCUT2D eigenvalue weighted by atomic mass is 9.98. The zero-order valence-electron chi connectivity index (χ0n) is 14.7. The van der Waals surface area contributed by atoms with E-state index in [-0.39, 0.29) is 17.1 Å². The van der Waals surface area contributed by atoms with Crippen molar-refractivity contribution in [2.45, 2.75) is 18.5 Å². The summed E-state index contributed by atoms with van der Waals surface area (Å²) >= 11 is 5.72. The smallest absolute Gasteiger partial charge is 0.280 e. The highest BCUT2D eigenvalue weighted by atomic mass is 35.5. The molecule has 2 aromatic carbocycles. The summed E-state index contributed by atoms with van der Waals surface area (Å²) < 4.78 is 41.7. The van der Waals surface area contributed by atoms with Crippen molar-refractivity contribution in [1.82, 2.24) is 9.03 Å². The van der Waals surface area contributed by atoms with Crippen LogP contribution in [0.5, 0.6) is 0 Å². The Labute approximate surface area is 166 Å². The summed E-state index contributed by atoms with van der Waals surface area (Å²) in [5, 5.41) is 11.3. The average molecular weight is 423 g/mol. The van der Waals surface area contributed by atoms with Crippen LogP contribution in [0, 0.1) is 17.1 Å². The highest BCUT2D eigenvalue weighted by Crippen LogP contribution is 2.29. The minimum atomic E-state index is -3.90. The van der Waals surface area contributed by atoms with Gasteiger partial charge in [0.15, 0.2) is 0 Å². The van der Waals surface area contributed by atoms with E-state index in [1.165, 1.54) is 19.2 Å². The van der Waals surface area contributed by atoms with Gasteiger partial charge in [0, 0.05) is 18.8 Å². The first kappa shape index (κ1) is 20.2. The Morgan fingerprint density at radius 2 is 2.00 bits per heavy atom. The first-order valence-electron chi connectivity index (χ1n) is 8.22. The molecule has 2 unspecified atom stereocenters. The summed E-state index contributed by atoms with van der Waals surface area (Å²) in [7, 11) is -2.60. The fourth-order valence-corrected chi connectivity index (χ4v) is 4.37. The molecular formula is C18H16ClFN4O3S. The standard InChI is InChI=1S/C18H16ClFN4O3S/c1-24-17(18(25)22-13-6-7-15(20)14(19)8-13)9-16(23-28(24,26)27)12-4-2-11(10-21)3-5-12/h2-8,16-17,23H,9H2,1H3,(H,22,25). The van der Waals surface area contributed by atoms with Gasteiger partial charge in [-0.25, -0.2) is 4.39 Å². The number of likely N-dealkylation sites (N-methyl/N-ethyl adjacent to an activating group) is 1. The molecule has 1 fully saturated rings. The first-order valence-corrected chi connectivity index (χ1v) is 10.0. The van der Waals surface area contributed by atoms with Crippen LogP contribution in [0.3, 0.4) is 0 Å². The number of carbonyl (C=O) groups is 1. The molecule has 0 saturated carbocycles. The monoisotopic (exact) mass is 422 g/mol. The number of hydrogen-bond donors (Lipinski definition) is 2. The van der Waals surface area contributed by atoms with Gasteiger partial charge in [-0.05, 0) is 42.3 Å². The second-order valence-corrected chi connectivity index (χ2v) is 8.46. The van der Waals surface area contributed by atoms with Gasteiger partial charge in [0.25, 0.3) is 10.2 Å². The number of nitriles is 1. The normalized spacial score (nSPS) is 21.6. The van der Waals surface area contributed by atoms with E-state index in [0.29, 0.717) is 11.1 Å². The maximum absolute atomic E-state index is 13.3. The molecule has 1 aliphatic heterocycles. The lowest BCUT2D eigenvalue weighted by Gasteiger charge is -2.36. The van der Waals surface area contributed by atoms with E-state index in [0.717, 1.165) is 10.4 Å². The van der Waals surface area contributed by atoms with Gasteiger partial charge >= 0.3 is 0 Å². The molecular weight excluding hydrogens is 407 g/mol. The molecule has 3 rings (SSSR count). The summed E-state index contributed by atoms with van der Waals surface area (Å²) in [6, 6.07) is 10.5. The molecule has 2 N–H and O–H groups in total. The van der Waals surface area contributed by atoms with Crippen molar-refractivity contribution in [3.63, 3.8) is 0 Å². The molecule has 1 aliphatic rings. The molecule has 10 heteroatoms. The SMILES string of the molecule is CN1C(C(=O)Nc2ccc(F)c(Cl)c2)CC(c2ccc(C#N)cc2)NS1(=O)=O. The van der Waals surface area contributed by atoms with E-state index < -0.39 is 34.0 Å². The number of nitrogens with one attached hydrogen (secondary N) is 2. The van der Waals surface area contributed by atoms with E-state index >= 15 is 0 Å². The maximum atomic E-state index is 13.3. The molecule has 1 heterocycles.